The Morgan fingerprint density at radius 1 is 0.913 bits per heavy atom. The van der Waals surface area contributed by atoms with E-state index in [1.165, 1.54) is 20.4 Å². The first-order valence-corrected chi connectivity index (χ1v) is 16.0. The van der Waals surface area contributed by atoms with Crippen molar-refractivity contribution in [3.8, 4) is 17.2 Å². The van der Waals surface area contributed by atoms with E-state index in [-0.39, 0.29) is 23.2 Å². The number of amides is 2. The summed E-state index contributed by atoms with van der Waals surface area (Å²) in [6, 6.07) is 12.6. The van der Waals surface area contributed by atoms with Gasteiger partial charge in [-0.05, 0) is 50.1 Å². The molecule has 0 spiro atoms. The van der Waals surface area contributed by atoms with E-state index in [4.69, 9.17) is 14.2 Å². The van der Waals surface area contributed by atoms with E-state index in [0.717, 1.165) is 54.5 Å². The van der Waals surface area contributed by atoms with Crippen molar-refractivity contribution >= 4 is 50.2 Å². The van der Waals surface area contributed by atoms with E-state index in [0.29, 0.717) is 41.1 Å². The van der Waals surface area contributed by atoms with Gasteiger partial charge in [-0.1, -0.05) is 35.2 Å². The van der Waals surface area contributed by atoms with Crippen LogP contribution in [-0.4, -0.2) is 49.3 Å². The van der Waals surface area contributed by atoms with Crippen molar-refractivity contribution in [3.63, 3.8) is 0 Å². The number of pyridine rings is 1. The fourth-order valence-corrected chi connectivity index (χ4v) is 5.44. The summed E-state index contributed by atoms with van der Waals surface area (Å²) < 4.78 is 46.0. The first-order valence-electron chi connectivity index (χ1n) is 14.9. The third-order valence-corrected chi connectivity index (χ3v) is 7.87. The van der Waals surface area contributed by atoms with Crippen molar-refractivity contribution in [2.24, 2.45) is 0 Å². The van der Waals surface area contributed by atoms with Crippen molar-refractivity contribution < 1.29 is 32.6 Å². The number of hydrogen-bond donors (Lipinski definition) is 1. The van der Waals surface area contributed by atoms with Gasteiger partial charge in [-0.2, -0.15) is 0 Å². The SMILES string of the molecule is CCN(C(=O)c1cn(-c2cc(NC(=O)OC)cc(OC)c2)c2cc(OCCCCCCCBr)ccc2c1=O)c1cc(F)cc(F)c1. The molecule has 0 radical (unpaired) electrons. The fourth-order valence-electron chi connectivity index (χ4n) is 5.04. The van der Waals surface area contributed by atoms with E-state index < -0.39 is 29.1 Å². The molecule has 0 bridgehead atoms. The number of rotatable bonds is 14. The van der Waals surface area contributed by atoms with Crippen molar-refractivity contribution in [2.75, 3.05) is 42.9 Å². The summed E-state index contributed by atoms with van der Waals surface area (Å²) in [6.07, 6.45) is 5.94. The van der Waals surface area contributed by atoms with Gasteiger partial charge in [0.15, 0.2) is 0 Å². The highest BCUT2D eigenvalue weighted by Crippen LogP contribution is 2.29. The molecule has 3 aromatic carbocycles. The lowest BCUT2D eigenvalue weighted by Gasteiger charge is -2.22. The minimum atomic E-state index is -0.856. The van der Waals surface area contributed by atoms with Crippen molar-refractivity contribution in [1.29, 1.82) is 0 Å². The molecule has 2 amide bonds. The topological polar surface area (TPSA) is 99.1 Å². The Labute approximate surface area is 274 Å². The summed E-state index contributed by atoms with van der Waals surface area (Å²) in [5.74, 6) is -1.55. The molecule has 1 aromatic heterocycles. The van der Waals surface area contributed by atoms with Gasteiger partial charge in [0.05, 0.1) is 32.0 Å². The lowest BCUT2D eigenvalue weighted by atomic mass is 10.1. The van der Waals surface area contributed by atoms with Crippen LogP contribution in [0.3, 0.4) is 0 Å². The van der Waals surface area contributed by atoms with Crippen LogP contribution >= 0.6 is 15.9 Å². The highest BCUT2D eigenvalue weighted by atomic mass is 79.9. The summed E-state index contributed by atoms with van der Waals surface area (Å²) in [4.78, 5) is 40.9. The number of unbranched alkanes of at least 4 members (excludes halogenated alkanes) is 4. The average Bonchev–Trinajstić information content (AvgIpc) is 3.04. The summed E-state index contributed by atoms with van der Waals surface area (Å²) in [7, 11) is 2.70. The standard InChI is InChI=1S/C34H36BrF2N3O6/c1-4-39(25-15-22(36)14-23(37)16-25)33(42)30-21-40(26-17-24(38-34(43)45-3)18-28(19-26)44-2)31-20-27(10-11-29(31)32(30)41)46-13-9-7-5-6-8-12-35/h10-11,14-21H,4-9,12-13H2,1-3H3,(H,38,43). The molecule has 0 unspecified atom stereocenters. The van der Waals surface area contributed by atoms with Crippen LogP contribution in [-0.2, 0) is 4.74 Å². The molecule has 4 aromatic rings. The number of benzene rings is 3. The van der Waals surface area contributed by atoms with E-state index in [9.17, 15) is 23.2 Å². The Balaban J connectivity index is 1.83. The molecule has 0 aliphatic heterocycles. The zero-order chi connectivity index (χ0) is 33.2. The van der Waals surface area contributed by atoms with Gasteiger partial charge in [0.2, 0.25) is 5.43 Å². The van der Waals surface area contributed by atoms with Crippen molar-refractivity contribution in [2.45, 2.75) is 39.0 Å². The molecular weight excluding hydrogens is 664 g/mol. The zero-order valence-electron chi connectivity index (χ0n) is 25.9. The van der Waals surface area contributed by atoms with Crippen LogP contribution in [0.5, 0.6) is 11.5 Å². The second-order valence-electron chi connectivity index (χ2n) is 10.4. The van der Waals surface area contributed by atoms with Crippen LogP contribution in [0.2, 0.25) is 0 Å². The fraction of sp³-hybridized carbons (Fsp3) is 0.324. The number of carbonyl (C=O) groups excluding carboxylic acids is 2. The number of anilines is 2. The average molecular weight is 701 g/mol. The summed E-state index contributed by atoms with van der Waals surface area (Å²) in [5, 5.41) is 3.80. The van der Waals surface area contributed by atoms with Gasteiger partial charge in [-0.25, -0.2) is 13.6 Å². The first-order chi connectivity index (χ1) is 22.2. The molecule has 0 saturated carbocycles. The van der Waals surface area contributed by atoms with Crippen LogP contribution < -0.4 is 25.1 Å². The number of hydrogen-bond acceptors (Lipinski definition) is 6. The quantitative estimate of drug-likeness (QED) is 0.106. The second kappa shape index (κ2) is 16.2. The normalized spacial score (nSPS) is 10.9. The molecule has 0 atom stereocenters. The van der Waals surface area contributed by atoms with Crippen molar-refractivity contribution in [3.05, 3.63) is 88.2 Å². The maximum absolute atomic E-state index is 14.1. The first kappa shape index (κ1) is 34.4. The van der Waals surface area contributed by atoms with Crippen molar-refractivity contribution in [1.82, 2.24) is 4.57 Å². The van der Waals surface area contributed by atoms with Crippen LogP contribution in [0, 0.1) is 11.6 Å². The molecule has 4 rings (SSSR count). The van der Waals surface area contributed by atoms with E-state index in [1.807, 2.05) is 0 Å². The molecule has 46 heavy (non-hydrogen) atoms. The molecule has 0 saturated heterocycles. The lowest BCUT2D eigenvalue weighted by Crippen LogP contribution is -2.35. The maximum atomic E-state index is 14.1. The van der Waals surface area contributed by atoms with Gasteiger partial charge < -0.3 is 23.7 Å². The van der Waals surface area contributed by atoms with E-state index in [2.05, 4.69) is 21.2 Å². The number of carbonyl (C=O) groups is 2. The highest BCUT2D eigenvalue weighted by Gasteiger charge is 2.24. The van der Waals surface area contributed by atoms with Gasteiger partial charge in [0.25, 0.3) is 5.91 Å². The molecule has 1 heterocycles. The molecule has 0 aliphatic rings. The van der Waals surface area contributed by atoms with E-state index >= 15 is 0 Å². The Morgan fingerprint density at radius 2 is 1.63 bits per heavy atom. The molecule has 0 fully saturated rings. The Morgan fingerprint density at radius 3 is 2.30 bits per heavy atom. The third kappa shape index (κ3) is 8.42. The Kier molecular flexibility index (Phi) is 12.1. The molecular formula is C34H36BrF2N3O6. The summed E-state index contributed by atoms with van der Waals surface area (Å²) >= 11 is 3.45. The monoisotopic (exact) mass is 699 g/mol. The third-order valence-electron chi connectivity index (χ3n) is 7.31. The van der Waals surface area contributed by atoms with Crippen LogP contribution in [0.1, 0.15) is 49.4 Å². The number of nitrogens with one attached hydrogen (secondary N) is 1. The maximum Gasteiger partial charge on any atom is 0.411 e. The molecule has 244 valence electrons. The molecule has 1 N–H and O–H groups in total. The van der Waals surface area contributed by atoms with Crippen LogP contribution in [0.25, 0.3) is 16.6 Å². The number of fused-ring (bicyclic) bond motifs is 1. The van der Waals surface area contributed by atoms with Gasteiger partial charge in [0, 0.05) is 59.1 Å². The van der Waals surface area contributed by atoms with Crippen LogP contribution in [0.4, 0.5) is 25.0 Å². The predicted octanol–water partition coefficient (Wildman–Crippen LogP) is 7.85. The minimum Gasteiger partial charge on any atom is -0.497 e. The summed E-state index contributed by atoms with van der Waals surface area (Å²) in [6.45, 7) is 2.16. The number of ether oxygens (including phenoxy) is 3. The number of halogens is 3. The van der Waals surface area contributed by atoms with Gasteiger partial charge in [0.1, 0.15) is 28.7 Å². The van der Waals surface area contributed by atoms with Gasteiger partial charge >= 0.3 is 6.09 Å². The smallest absolute Gasteiger partial charge is 0.411 e. The second-order valence-corrected chi connectivity index (χ2v) is 11.2. The highest BCUT2D eigenvalue weighted by molar-refractivity contribution is 9.09. The van der Waals surface area contributed by atoms with Gasteiger partial charge in [-0.15, -0.1) is 0 Å². The Hall–Kier alpha value is -4.45. The number of alkyl halides is 1. The number of aromatic nitrogens is 1. The van der Waals surface area contributed by atoms with Gasteiger partial charge in [-0.3, -0.25) is 14.9 Å². The molecule has 12 heteroatoms. The van der Waals surface area contributed by atoms with E-state index in [1.54, 1.807) is 47.9 Å². The molecule has 0 aliphatic carbocycles. The molecule has 9 nitrogen and oxygen atoms in total. The number of nitrogens with zero attached hydrogens (tertiary/aromatic N) is 2. The Bertz CT molecular complexity index is 1740. The largest absolute Gasteiger partial charge is 0.497 e. The lowest BCUT2D eigenvalue weighted by molar-refractivity contribution is 0.0987. The summed E-state index contributed by atoms with van der Waals surface area (Å²) in [5.41, 5.74) is 0.362. The van der Waals surface area contributed by atoms with Crippen LogP contribution in [0.15, 0.2) is 65.6 Å². The predicted molar refractivity (Wildman–Crippen MR) is 178 cm³/mol. The minimum absolute atomic E-state index is 0.0297. The zero-order valence-corrected chi connectivity index (χ0v) is 27.5. The number of methoxy groups -OCH3 is 2.